The van der Waals surface area contributed by atoms with Crippen LogP contribution >= 0.6 is 0 Å². The molecule has 0 radical (unpaired) electrons. The average molecular weight is 283 g/mol. The van der Waals surface area contributed by atoms with Gasteiger partial charge in [-0.05, 0) is 24.3 Å². The summed E-state index contributed by atoms with van der Waals surface area (Å²) in [5.74, 6) is 0.540. The van der Waals surface area contributed by atoms with Crippen molar-refractivity contribution in [2.45, 2.75) is 12.1 Å². The number of anilines is 1. The normalized spacial score (nSPS) is 28.1. The summed E-state index contributed by atoms with van der Waals surface area (Å²) in [6.07, 6.45) is -1.05. The van der Waals surface area contributed by atoms with Gasteiger partial charge in [-0.2, -0.15) is 0 Å². The van der Waals surface area contributed by atoms with E-state index in [2.05, 4.69) is 0 Å². The highest BCUT2D eigenvalue weighted by Gasteiger charge is 2.51. The van der Waals surface area contributed by atoms with E-state index in [1.165, 1.54) is 4.90 Å². The summed E-state index contributed by atoms with van der Waals surface area (Å²) >= 11 is 0. The molecule has 0 aliphatic carbocycles. The van der Waals surface area contributed by atoms with Gasteiger partial charge in [-0.25, -0.2) is 13.2 Å². The van der Waals surface area contributed by atoms with Crippen LogP contribution in [0.25, 0.3) is 0 Å². The second-order valence-corrected chi connectivity index (χ2v) is 6.79. The molecule has 1 amide bonds. The Morgan fingerprint density at radius 3 is 2.58 bits per heavy atom. The average Bonchev–Trinajstić information content (AvgIpc) is 2.79. The number of amides is 1. The van der Waals surface area contributed by atoms with Crippen LogP contribution in [0.15, 0.2) is 24.3 Å². The topological polar surface area (TPSA) is 72.9 Å². The molecule has 19 heavy (non-hydrogen) atoms. The molecule has 2 aliphatic rings. The van der Waals surface area contributed by atoms with Gasteiger partial charge in [0.15, 0.2) is 9.84 Å². The van der Waals surface area contributed by atoms with Crippen LogP contribution in [0.3, 0.4) is 0 Å². The first-order valence-electron chi connectivity index (χ1n) is 5.84. The van der Waals surface area contributed by atoms with Crippen molar-refractivity contribution < 1.29 is 22.7 Å². The lowest BCUT2D eigenvalue weighted by molar-refractivity contribution is 0.147. The number of benzene rings is 1. The third-order valence-electron chi connectivity index (χ3n) is 3.40. The molecule has 0 saturated carbocycles. The minimum absolute atomic E-state index is 0.0462. The highest BCUT2D eigenvalue weighted by atomic mass is 32.2. The van der Waals surface area contributed by atoms with Gasteiger partial charge in [-0.3, -0.25) is 4.90 Å². The zero-order valence-corrected chi connectivity index (χ0v) is 11.1. The van der Waals surface area contributed by atoms with E-state index in [0.717, 1.165) is 0 Å². The van der Waals surface area contributed by atoms with E-state index in [9.17, 15) is 13.2 Å². The van der Waals surface area contributed by atoms with E-state index in [0.29, 0.717) is 11.4 Å². The van der Waals surface area contributed by atoms with E-state index in [1.807, 2.05) is 0 Å². The first kappa shape index (κ1) is 12.3. The number of rotatable bonds is 2. The zero-order chi connectivity index (χ0) is 13.6. The summed E-state index contributed by atoms with van der Waals surface area (Å²) < 4.78 is 33.3. The fraction of sp³-hybridized carbons (Fsp3) is 0.417. The largest absolute Gasteiger partial charge is 0.497 e. The third kappa shape index (κ3) is 2.03. The van der Waals surface area contributed by atoms with Crippen molar-refractivity contribution >= 4 is 21.6 Å². The van der Waals surface area contributed by atoms with Crippen LogP contribution in [0.5, 0.6) is 5.75 Å². The molecule has 0 N–H and O–H groups in total. The van der Waals surface area contributed by atoms with Crippen LogP contribution in [-0.4, -0.2) is 45.3 Å². The van der Waals surface area contributed by atoms with Gasteiger partial charge in [0, 0.05) is 5.69 Å². The Kier molecular flexibility index (Phi) is 2.67. The number of methoxy groups -OCH3 is 1. The summed E-state index contributed by atoms with van der Waals surface area (Å²) in [5, 5.41) is 0. The second kappa shape index (κ2) is 4.12. The number of hydrogen-bond donors (Lipinski definition) is 0. The van der Waals surface area contributed by atoms with Crippen molar-refractivity contribution in [1.29, 1.82) is 0 Å². The molecular formula is C12H13NO5S. The molecule has 1 aromatic rings. The molecule has 2 saturated heterocycles. The number of carbonyl (C=O) groups excluding carboxylic acids is 1. The predicted molar refractivity (Wildman–Crippen MR) is 68.2 cm³/mol. The van der Waals surface area contributed by atoms with Crippen LogP contribution in [0.1, 0.15) is 0 Å². The van der Waals surface area contributed by atoms with Crippen molar-refractivity contribution in [1.82, 2.24) is 0 Å². The Labute approximate surface area is 110 Å². The monoisotopic (exact) mass is 283 g/mol. The first-order chi connectivity index (χ1) is 9.00. The molecule has 1 aromatic carbocycles. The molecule has 0 bridgehead atoms. The third-order valence-corrected chi connectivity index (χ3v) is 5.09. The van der Waals surface area contributed by atoms with Gasteiger partial charge in [-0.1, -0.05) is 0 Å². The van der Waals surface area contributed by atoms with E-state index in [1.54, 1.807) is 31.4 Å². The van der Waals surface area contributed by atoms with E-state index < -0.39 is 28.1 Å². The summed E-state index contributed by atoms with van der Waals surface area (Å²) in [4.78, 5) is 13.2. The Balaban J connectivity index is 1.92. The Morgan fingerprint density at radius 1 is 1.26 bits per heavy atom. The molecule has 2 fully saturated rings. The maximum absolute atomic E-state index is 11.8. The van der Waals surface area contributed by atoms with E-state index in [4.69, 9.17) is 9.47 Å². The molecule has 3 rings (SSSR count). The minimum Gasteiger partial charge on any atom is -0.497 e. The van der Waals surface area contributed by atoms with Crippen molar-refractivity contribution in [2.75, 3.05) is 23.5 Å². The van der Waals surface area contributed by atoms with Crippen LogP contribution in [0, 0.1) is 0 Å². The van der Waals surface area contributed by atoms with Crippen molar-refractivity contribution in [2.24, 2.45) is 0 Å². The number of sulfone groups is 1. The number of hydrogen-bond acceptors (Lipinski definition) is 5. The summed E-state index contributed by atoms with van der Waals surface area (Å²) in [5.41, 5.74) is 0.621. The maximum atomic E-state index is 11.8. The molecule has 102 valence electrons. The summed E-state index contributed by atoms with van der Waals surface area (Å²) in [6, 6.07) is 6.45. The summed E-state index contributed by atoms with van der Waals surface area (Å²) in [7, 11) is -1.57. The number of fused-ring (bicyclic) bond motifs is 1. The van der Waals surface area contributed by atoms with E-state index in [-0.39, 0.29) is 11.5 Å². The smallest absolute Gasteiger partial charge is 0.415 e. The molecular weight excluding hydrogens is 270 g/mol. The van der Waals surface area contributed by atoms with Gasteiger partial charge in [0.25, 0.3) is 0 Å². The quantitative estimate of drug-likeness (QED) is 0.803. The second-order valence-electron chi connectivity index (χ2n) is 4.63. The molecule has 2 heterocycles. The van der Waals surface area contributed by atoms with Gasteiger partial charge < -0.3 is 9.47 Å². The predicted octanol–water partition coefficient (Wildman–Crippen LogP) is 0.817. The standard InChI is InChI=1S/C12H13NO5S/c1-17-9-4-2-8(3-5-9)13-10-6-19(15,16)7-11(10)18-12(13)14/h2-5,10-11H,6-7H2,1H3/t10-,11-/m1/s1. The van der Waals surface area contributed by atoms with Gasteiger partial charge in [-0.15, -0.1) is 0 Å². The maximum Gasteiger partial charge on any atom is 0.415 e. The number of carbonyl (C=O) groups is 1. The van der Waals surface area contributed by atoms with Crippen LogP contribution in [-0.2, 0) is 14.6 Å². The summed E-state index contributed by atoms with van der Waals surface area (Å²) in [6.45, 7) is 0. The van der Waals surface area contributed by atoms with E-state index >= 15 is 0 Å². The van der Waals surface area contributed by atoms with Gasteiger partial charge in [0.2, 0.25) is 0 Å². The molecule has 2 atom stereocenters. The Morgan fingerprint density at radius 2 is 1.95 bits per heavy atom. The van der Waals surface area contributed by atoms with Crippen molar-refractivity contribution in [3.63, 3.8) is 0 Å². The fourth-order valence-electron chi connectivity index (χ4n) is 2.51. The lowest BCUT2D eigenvalue weighted by Crippen LogP contribution is -2.36. The lowest BCUT2D eigenvalue weighted by Gasteiger charge is -2.19. The van der Waals surface area contributed by atoms with Gasteiger partial charge in [0.05, 0.1) is 24.7 Å². The minimum atomic E-state index is -3.13. The highest BCUT2D eigenvalue weighted by molar-refractivity contribution is 7.91. The molecule has 0 unspecified atom stereocenters. The van der Waals surface area contributed by atoms with Crippen LogP contribution in [0.2, 0.25) is 0 Å². The van der Waals surface area contributed by atoms with Crippen molar-refractivity contribution in [3.05, 3.63) is 24.3 Å². The highest BCUT2D eigenvalue weighted by Crippen LogP contribution is 2.33. The van der Waals surface area contributed by atoms with Crippen LogP contribution in [0.4, 0.5) is 10.5 Å². The number of ether oxygens (including phenoxy) is 2. The number of nitrogens with zero attached hydrogens (tertiary/aromatic N) is 1. The Hall–Kier alpha value is -1.76. The fourth-order valence-corrected chi connectivity index (χ4v) is 4.32. The van der Waals surface area contributed by atoms with Gasteiger partial charge in [0.1, 0.15) is 11.9 Å². The molecule has 0 spiro atoms. The first-order valence-corrected chi connectivity index (χ1v) is 7.66. The lowest BCUT2D eigenvalue weighted by atomic mass is 10.2. The SMILES string of the molecule is COc1ccc(N2C(=O)O[C@@H]3CS(=O)(=O)C[C@H]32)cc1. The van der Waals surface area contributed by atoms with Gasteiger partial charge >= 0.3 is 6.09 Å². The molecule has 7 heteroatoms. The molecule has 0 aromatic heterocycles. The molecule has 6 nitrogen and oxygen atoms in total. The van der Waals surface area contributed by atoms with Crippen molar-refractivity contribution in [3.8, 4) is 5.75 Å². The molecule has 2 aliphatic heterocycles. The Bertz CT molecular complexity index is 610. The zero-order valence-electron chi connectivity index (χ0n) is 10.3. The van der Waals surface area contributed by atoms with Crippen LogP contribution < -0.4 is 9.64 Å².